The van der Waals surface area contributed by atoms with Crippen LogP contribution in [0.3, 0.4) is 0 Å². The van der Waals surface area contributed by atoms with Gasteiger partial charge >= 0.3 is 5.97 Å². The minimum absolute atomic E-state index is 0.0110. The quantitative estimate of drug-likeness (QED) is 0.662. The summed E-state index contributed by atoms with van der Waals surface area (Å²) in [5.41, 5.74) is 1.00. The van der Waals surface area contributed by atoms with Crippen LogP contribution in [0.15, 0.2) is 83.8 Å². The van der Waals surface area contributed by atoms with Gasteiger partial charge in [0.25, 0.3) is 10.0 Å². The number of rotatable bonds is 6. The van der Waals surface area contributed by atoms with Gasteiger partial charge < -0.3 is 5.11 Å². The molecule has 3 rings (SSSR count). The van der Waals surface area contributed by atoms with Gasteiger partial charge in [-0.25, -0.2) is 13.2 Å². The van der Waals surface area contributed by atoms with Crippen molar-refractivity contribution in [2.75, 3.05) is 4.31 Å². The highest BCUT2D eigenvalue weighted by Crippen LogP contribution is 2.27. The molecule has 0 aliphatic heterocycles. The lowest BCUT2D eigenvalue weighted by atomic mass is 10.2. The standard InChI is InChI=1S/C20H16ClNO4S/c21-17-11-9-15(10-12-17)14-22(18-6-4-5-16(13-18)20(23)24)27(25,26)19-7-2-1-3-8-19/h1-13H,14H2,(H,23,24). The Balaban J connectivity index is 2.10. The van der Waals surface area contributed by atoms with Crippen molar-refractivity contribution in [3.63, 3.8) is 0 Å². The molecule has 1 N–H and O–H groups in total. The predicted octanol–water partition coefficient (Wildman–Crippen LogP) is 4.43. The Labute approximate surface area is 162 Å². The molecule has 0 aromatic heterocycles. The average Bonchev–Trinajstić information content (AvgIpc) is 2.68. The number of carboxylic acids is 1. The SMILES string of the molecule is O=C(O)c1cccc(N(Cc2ccc(Cl)cc2)S(=O)(=O)c2ccccc2)c1. The summed E-state index contributed by atoms with van der Waals surface area (Å²) in [4.78, 5) is 11.4. The summed E-state index contributed by atoms with van der Waals surface area (Å²) in [7, 11) is -3.90. The van der Waals surface area contributed by atoms with Gasteiger partial charge in [-0.05, 0) is 48.0 Å². The second-order valence-corrected chi connectivity index (χ2v) is 8.11. The first-order chi connectivity index (χ1) is 12.9. The van der Waals surface area contributed by atoms with Crippen LogP contribution in [0.2, 0.25) is 5.02 Å². The Bertz CT molecular complexity index is 1050. The summed E-state index contributed by atoms with van der Waals surface area (Å²) in [5, 5.41) is 9.79. The first kappa shape index (κ1) is 18.9. The number of sulfonamides is 1. The zero-order valence-corrected chi connectivity index (χ0v) is 15.7. The van der Waals surface area contributed by atoms with Crippen LogP contribution in [0.4, 0.5) is 5.69 Å². The normalized spacial score (nSPS) is 11.1. The number of nitrogens with zero attached hydrogens (tertiary/aromatic N) is 1. The molecule has 0 fully saturated rings. The third kappa shape index (κ3) is 4.30. The van der Waals surface area contributed by atoms with Crippen molar-refractivity contribution in [2.45, 2.75) is 11.4 Å². The molecular formula is C20H16ClNO4S. The van der Waals surface area contributed by atoms with Gasteiger partial charge in [0.2, 0.25) is 0 Å². The fourth-order valence-electron chi connectivity index (χ4n) is 2.58. The number of hydrogen-bond donors (Lipinski definition) is 1. The Morgan fingerprint density at radius 3 is 2.22 bits per heavy atom. The van der Waals surface area contributed by atoms with E-state index in [0.717, 1.165) is 5.56 Å². The molecule has 0 heterocycles. The van der Waals surface area contributed by atoms with Crippen LogP contribution < -0.4 is 4.31 Å². The van der Waals surface area contributed by atoms with Crippen molar-refractivity contribution >= 4 is 33.3 Å². The van der Waals surface area contributed by atoms with Gasteiger partial charge in [0.05, 0.1) is 22.7 Å². The van der Waals surface area contributed by atoms with E-state index in [4.69, 9.17) is 11.6 Å². The molecule has 0 atom stereocenters. The van der Waals surface area contributed by atoms with Crippen LogP contribution in [-0.4, -0.2) is 19.5 Å². The number of carbonyl (C=O) groups is 1. The summed E-state index contributed by atoms with van der Waals surface area (Å²) in [5.74, 6) is -1.12. The molecule has 0 spiro atoms. The topological polar surface area (TPSA) is 74.7 Å². The number of halogens is 1. The van der Waals surface area contributed by atoms with E-state index >= 15 is 0 Å². The molecule has 27 heavy (non-hydrogen) atoms. The number of anilines is 1. The summed E-state index contributed by atoms with van der Waals surface area (Å²) >= 11 is 5.91. The van der Waals surface area contributed by atoms with Gasteiger partial charge in [0, 0.05) is 5.02 Å². The van der Waals surface area contributed by atoms with Crippen LogP contribution in [-0.2, 0) is 16.6 Å². The second-order valence-electron chi connectivity index (χ2n) is 5.81. The van der Waals surface area contributed by atoms with Gasteiger partial charge in [-0.15, -0.1) is 0 Å². The van der Waals surface area contributed by atoms with Gasteiger partial charge in [-0.1, -0.05) is 48.0 Å². The monoisotopic (exact) mass is 401 g/mol. The first-order valence-corrected chi connectivity index (χ1v) is 9.85. The number of carboxylic acid groups (broad SMARTS) is 1. The van der Waals surface area contributed by atoms with E-state index in [1.807, 2.05) is 0 Å². The highest BCUT2D eigenvalue weighted by Gasteiger charge is 2.25. The summed E-state index contributed by atoms with van der Waals surface area (Å²) < 4.78 is 27.7. The molecular weight excluding hydrogens is 386 g/mol. The number of hydrogen-bond acceptors (Lipinski definition) is 3. The maximum atomic E-state index is 13.2. The molecule has 0 bridgehead atoms. The molecule has 3 aromatic carbocycles. The highest BCUT2D eigenvalue weighted by molar-refractivity contribution is 7.92. The molecule has 0 saturated carbocycles. The smallest absolute Gasteiger partial charge is 0.335 e. The summed E-state index contributed by atoms with van der Waals surface area (Å²) in [6.45, 7) is 0.0392. The Hall–Kier alpha value is -2.83. The Morgan fingerprint density at radius 2 is 1.59 bits per heavy atom. The molecule has 0 aliphatic carbocycles. The van der Waals surface area contributed by atoms with Crippen LogP contribution in [0.5, 0.6) is 0 Å². The van der Waals surface area contributed by atoms with Gasteiger partial charge in [-0.3, -0.25) is 4.31 Å². The fourth-order valence-corrected chi connectivity index (χ4v) is 4.18. The minimum atomic E-state index is -3.90. The first-order valence-electron chi connectivity index (χ1n) is 8.03. The molecule has 0 unspecified atom stereocenters. The Morgan fingerprint density at radius 1 is 0.926 bits per heavy atom. The van der Waals surface area contributed by atoms with Gasteiger partial charge in [0.15, 0.2) is 0 Å². The van der Waals surface area contributed by atoms with Crippen LogP contribution >= 0.6 is 11.6 Å². The molecule has 3 aromatic rings. The average molecular weight is 402 g/mol. The van der Waals surface area contributed by atoms with Crippen LogP contribution in [0.25, 0.3) is 0 Å². The largest absolute Gasteiger partial charge is 0.478 e. The lowest BCUT2D eigenvalue weighted by Crippen LogP contribution is -2.30. The zero-order chi connectivity index (χ0) is 19.4. The van der Waals surface area contributed by atoms with Crippen molar-refractivity contribution < 1.29 is 18.3 Å². The third-order valence-corrected chi connectivity index (χ3v) is 5.99. The Kier molecular flexibility index (Phi) is 5.48. The van der Waals surface area contributed by atoms with E-state index < -0.39 is 16.0 Å². The van der Waals surface area contributed by atoms with Gasteiger partial charge in [0.1, 0.15) is 0 Å². The summed E-state index contributed by atoms with van der Waals surface area (Å²) in [6, 6.07) is 20.7. The van der Waals surface area contributed by atoms with Crippen LogP contribution in [0, 0.1) is 0 Å². The summed E-state index contributed by atoms with van der Waals surface area (Å²) in [6.07, 6.45) is 0. The molecule has 0 saturated heterocycles. The molecule has 0 radical (unpaired) electrons. The maximum Gasteiger partial charge on any atom is 0.335 e. The maximum absolute atomic E-state index is 13.2. The molecule has 0 aliphatic rings. The molecule has 0 amide bonds. The second kappa shape index (κ2) is 7.82. The zero-order valence-electron chi connectivity index (χ0n) is 14.1. The van der Waals surface area contributed by atoms with E-state index in [1.165, 1.54) is 34.6 Å². The van der Waals surface area contributed by atoms with E-state index in [1.54, 1.807) is 48.5 Å². The predicted molar refractivity (Wildman–Crippen MR) is 105 cm³/mol. The lowest BCUT2D eigenvalue weighted by Gasteiger charge is -2.25. The van der Waals surface area contributed by atoms with E-state index in [9.17, 15) is 18.3 Å². The van der Waals surface area contributed by atoms with E-state index in [2.05, 4.69) is 0 Å². The van der Waals surface area contributed by atoms with Crippen molar-refractivity contribution in [1.82, 2.24) is 0 Å². The lowest BCUT2D eigenvalue weighted by molar-refractivity contribution is 0.0697. The number of benzene rings is 3. The molecule has 5 nitrogen and oxygen atoms in total. The van der Waals surface area contributed by atoms with Crippen molar-refractivity contribution in [2.24, 2.45) is 0 Å². The third-order valence-electron chi connectivity index (χ3n) is 3.95. The van der Waals surface area contributed by atoms with E-state index in [0.29, 0.717) is 5.02 Å². The molecule has 138 valence electrons. The molecule has 7 heteroatoms. The van der Waals surface area contributed by atoms with Crippen LogP contribution in [0.1, 0.15) is 15.9 Å². The van der Waals surface area contributed by atoms with Crippen molar-refractivity contribution in [3.05, 3.63) is 95.0 Å². The highest BCUT2D eigenvalue weighted by atomic mass is 35.5. The van der Waals surface area contributed by atoms with E-state index in [-0.39, 0.29) is 22.7 Å². The fraction of sp³-hybridized carbons (Fsp3) is 0.0500. The van der Waals surface area contributed by atoms with Crippen molar-refractivity contribution in [1.29, 1.82) is 0 Å². The number of aromatic carboxylic acids is 1. The van der Waals surface area contributed by atoms with Crippen molar-refractivity contribution in [3.8, 4) is 0 Å². The minimum Gasteiger partial charge on any atom is -0.478 e. The van der Waals surface area contributed by atoms with Gasteiger partial charge in [-0.2, -0.15) is 0 Å².